The SMILES string of the molecule is CCO[Si](OCC)c1ccccc1O. The highest BCUT2D eigenvalue weighted by molar-refractivity contribution is 6.62. The number of para-hydroxylation sites is 1. The standard InChI is InChI=1S/C10H15O3Si/c1-3-12-14(13-4-2)10-8-6-5-7-9(10)11/h5-8,11H,3-4H2,1-2H3. The van der Waals surface area contributed by atoms with Crippen LogP contribution < -0.4 is 5.19 Å². The zero-order valence-corrected chi connectivity index (χ0v) is 9.49. The molecule has 1 aromatic carbocycles. The predicted octanol–water partition coefficient (Wildman–Crippen LogP) is 1.16. The van der Waals surface area contributed by atoms with Gasteiger partial charge >= 0.3 is 9.28 Å². The molecule has 1 radical (unpaired) electrons. The van der Waals surface area contributed by atoms with E-state index >= 15 is 0 Å². The van der Waals surface area contributed by atoms with Crippen LogP contribution >= 0.6 is 0 Å². The van der Waals surface area contributed by atoms with Gasteiger partial charge in [0.1, 0.15) is 5.75 Å². The van der Waals surface area contributed by atoms with E-state index in [0.29, 0.717) is 13.2 Å². The Balaban J connectivity index is 2.81. The van der Waals surface area contributed by atoms with Crippen LogP contribution in [0.4, 0.5) is 0 Å². The summed E-state index contributed by atoms with van der Waals surface area (Å²) < 4.78 is 10.9. The molecule has 0 heterocycles. The average Bonchev–Trinajstić information content (AvgIpc) is 2.18. The molecule has 14 heavy (non-hydrogen) atoms. The average molecular weight is 211 g/mol. The van der Waals surface area contributed by atoms with E-state index in [4.69, 9.17) is 8.85 Å². The fourth-order valence-electron chi connectivity index (χ4n) is 1.11. The molecule has 0 fully saturated rings. The minimum atomic E-state index is -1.50. The number of phenolic OH excluding ortho intramolecular Hbond substituents is 1. The van der Waals surface area contributed by atoms with Crippen molar-refractivity contribution in [2.45, 2.75) is 13.8 Å². The molecule has 0 aliphatic heterocycles. The van der Waals surface area contributed by atoms with Crippen molar-refractivity contribution >= 4 is 14.5 Å². The van der Waals surface area contributed by atoms with Gasteiger partial charge in [0.2, 0.25) is 0 Å². The summed E-state index contributed by atoms with van der Waals surface area (Å²) in [6.07, 6.45) is 0. The van der Waals surface area contributed by atoms with Crippen LogP contribution in [0.3, 0.4) is 0 Å². The monoisotopic (exact) mass is 211 g/mol. The maximum atomic E-state index is 9.60. The molecule has 0 saturated heterocycles. The maximum Gasteiger partial charge on any atom is 0.427 e. The fraction of sp³-hybridized carbons (Fsp3) is 0.400. The summed E-state index contributed by atoms with van der Waals surface area (Å²) in [6.45, 7) is 5.04. The Labute approximate surface area is 86.1 Å². The first-order chi connectivity index (χ1) is 6.79. The summed E-state index contributed by atoms with van der Waals surface area (Å²) in [4.78, 5) is 0. The molecular weight excluding hydrogens is 196 g/mol. The molecular formula is C10H15O3Si. The second-order valence-electron chi connectivity index (χ2n) is 2.67. The van der Waals surface area contributed by atoms with E-state index in [1.54, 1.807) is 12.1 Å². The Hall–Kier alpha value is -0.843. The summed E-state index contributed by atoms with van der Waals surface area (Å²) in [5.41, 5.74) is 0. The van der Waals surface area contributed by atoms with Crippen molar-refractivity contribution in [3.8, 4) is 5.75 Å². The van der Waals surface area contributed by atoms with E-state index in [2.05, 4.69) is 0 Å². The third-order valence-electron chi connectivity index (χ3n) is 1.67. The summed E-state index contributed by atoms with van der Waals surface area (Å²) in [6, 6.07) is 7.15. The van der Waals surface area contributed by atoms with Crippen LogP contribution in [0.2, 0.25) is 0 Å². The van der Waals surface area contributed by atoms with E-state index < -0.39 is 9.28 Å². The Morgan fingerprint density at radius 1 is 1.14 bits per heavy atom. The molecule has 1 rings (SSSR count). The maximum absolute atomic E-state index is 9.60. The summed E-state index contributed by atoms with van der Waals surface area (Å²) in [7, 11) is -1.50. The smallest absolute Gasteiger partial charge is 0.427 e. The van der Waals surface area contributed by atoms with Crippen LogP contribution in [0.15, 0.2) is 24.3 Å². The van der Waals surface area contributed by atoms with Gasteiger partial charge in [-0.3, -0.25) is 0 Å². The van der Waals surface area contributed by atoms with Gasteiger partial charge in [-0.05, 0) is 19.9 Å². The molecule has 0 saturated carbocycles. The zero-order chi connectivity index (χ0) is 10.4. The molecule has 3 nitrogen and oxygen atoms in total. The van der Waals surface area contributed by atoms with Gasteiger partial charge in [0.15, 0.2) is 0 Å². The summed E-state index contributed by atoms with van der Waals surface area (Å²) in [5, 5.41) is 10.4. The molecule has 0 bridgehead atoms. The second-order valence-corrected chi connectivity index (χ2v) is 4.36. The number of aromatic hydroxyl groups is 1. The van der Waals surface area contributed by atoms with Gasteiger partial charge in [0.25, 0.3) is 0 Å². The van der Waals surface area contributed by atoms with Crippen molar-refractivity contribution in [1.82, 2.24) is 0 Å². The molecule has 0 aliphatic rings. The van der Waals surface area contributed by atoms with Gasteiger partial charge < -0.3 is 14.0 Å². The van der Waals surface area contributed by atoms with Crippen LogP contribution in [0.25, 0.3) is 0 Å². The van der Waals surface area contributed by atoms with Crippen molar-refractivity contribution in [2.24, 2.45) is 0 Å². The van der Waals surface area contributed by atoms with Gasteiger partial charge in [-0.15, -0.1) is 0 Å². The first-order valence-corrected chi connectivity index (χ1v) is 6.02. The highest BCUT2D eigenvalue weighted by Crippen LogP contribution is 2.06. The van der Waals surface area contributed by atoms with Crippen LogP contribution in [0, 0.1) is 0 Å². The normalized spacial score (nSPS) is 10.8. The lowest BCUT2D eigenvalue weighted by molar-refractivity contribution is 0.224. The fourth-order valence-corrected chi connectivity index (χ4v) is 2.55. The van der Waals surface area contributed by atoms with E-state index in [1.807, 2.05) is 26.0 Å². The lowest BCUT2D eigenvalue weighted by Gasteiger charge is -2.13. The molecule has 0 amide bonds. The van der Waals surface area contributed by atoms with Gasteiger partial charge in [0.05, 0.1) is 0 Å². The minimum Gasteiger partial charge on any atom is -0.508 e. The van der Waals surface area contributed by atoms with Crippen molar-refractivity contribution < 1.29 is 14.0 Å². The summed E-state index contributed by atoms with van der Waals surface area (Å²) in [5.74, 6) is 0.253. The highest BCUT2D eigenvalue weighted by Gasteiger charge is 2.20. The molecule has 77 valence electrons. The predicted molar refractivity (Wildman–Crippen MR) is 56.7 cm³/mol. The van der Waals surface area contributed by atoms with Crippen LogP contribution in [0.5, 0.6) is 5.75 Å². The minimum absolute atomic E-state index is 0.253. The topological polar surface area (TPSA) is 38.7 Å². The molecule has 4 heteroatoms. The first-order valence-electron chi connectivity index (χ1n) is 4.70. The van der Waals surface area contributed by atoms with Crippen LogP contribution in [-0.2, 0) is 8.85 Å². The highest BCUT2D eigenvalue weighted by atomic mass is 28.3. The van der Waals surface area contributed by atoms with Crippen molar-refractivity contribution in [1.29, 1.82) is 0 Å². The molecule has 0 aliphatic carbocycles. The summed E-state index contributed by atoms with van der Waals surface area (Å²) >= 11 is 0. The van der Waals surface area contributed by atoms with Gasteiger partial charge in [-0.25, -0.2) is 0 Å². The quantitative estimate of drug-likeness (QED) is 0.743. The molecule has 1 aromatic rings. The number of phenols is 1. The lowest BCUT2D eigenvalue weighted by Crippen LogP contribution is -2.37. The van der Waals surface area contributed by atoms with Gasteiger partial charge in [0, 0.05) is 18.4 Å². The number of rotatable bonds is 5. The Morgan fingerprint density at radius 2 is 1.71 bits per heavy atom. The third kappa shape index (κ3) is 2.83. The molecule has 0 aromatic heterocycles. The van der Waals surface area contributed by atoms with Crippen LogP contribution in [-0.4, -0.2) is 27.6 Å². The van der Waals surface area contributed by atoms with Gasteiger partial charge in [-0.1, -0.05) is 18.2 Å². The molecule has 0 spiro atoms. The van der Waals surface area contributed by atoms with Crippen LogP contribution in [0.1, 0.15) is 13.8 Å². The largest absolute Gasteiger partial charge is 0.508 e. The Kier molecular flexibility index (Phi) is 4.65. The lowest BCUT2D eigenvalue weighted by atomic mass is 10.3. The van der Waals surface area contributed by atoms with E-state index in [-0.39, 0.29) is 5.75 Å². The zero-order valence-electron chi connectivity index (χ0n) is 8.49. The van der Waals surface area contributed by atoms with E-state index in [0.717, 1.165) is 5.19 Å². The number of hydrogen-bond acceptors (Lipinski definition) is 3. The molecule has 1 N–H and O–H groups in total. The Bertz CT molecular complexity index is 272. The van der Waals surface area contributed by atoms with Gasteiger partial charge in [-0.2, -0.15) is 0 Å². The van der Waals surface area contributed by atoms with E-state index in [1.165, 1.54) is 0 Å². The molecule has 0 unspecified atom stereocenters. The first kappa shape index (κ1) is 11.2. The number of benzene rings is 1. The Morgan fingerprint density at radius 3 is 2.21 bits per heavy atom. The van der Waals surface area contributed by atoms with E-state index in [9.17, 15) is 5.11 Å². The third-order valence-corrected chi connectivity index (χ3v) is 3.64. The van der Waals surface area contributed by atoms with Crippen molar-refractivity contribution in [2.75, 3.05) is 13.2 Å². The number of hydrogen-bond donors (Lipinski definition) is 1. The second kappa shape index (κ2) is 5.80. The van der Waals surface area contributed by atoms with Crippen molar-refractivity contribution in [3.63, 3.8) is 0 Å². The molecule has 0 atom stereocenters. The van der Waals surface area contributed by atoms with Crippen molar-refractivity contribution in [3.05, 3.63) is 24.3 Å².